The molecule has 0 fully saturated rings. The minimum Gasteiger partial charge on any atom is -0.497 e. The first-order chi connectivity index (χ1) is 15.4. The van der Waals surface area contributed by atoms with Gasteiger partial charge in [0, 0.05) is 18.3 Å². The minimum absolute atomic E-state index is 0.304. The fourth-order valence-electron chi connectivity index (χ4n) is 2.99. The first kappa shape index (κ1) is 21.2. The van der Waals surface area contributed by atoms with E-state index in [1.54, 1.807) is 31.5 Å². The lowest BCUT2D eigenvalue weighted by Gasteiger charge is -2.12. The monoisotopic (exact) mass is 437 g/mol. The highest BCUT2D eigenvalue weighted by atomic mass is 19.4. The maximum absolute atomic E-state index is 12.9. The molecule has 0 saturated carbocycles. The van der Waals surface area contributed by atoms with Crippen molar-refractivity contribution in [1.82, 2.24) is 20.2 Å². The van der Waals surface area contributed by atoms with Gasteiger partial charge in [0.15, 0.2) is 5.82 Å². The Labute approximate surface area is 182 Å². The van der Waals surface area contributed by atoms with Crippen LogP contribution in [0.3, 0.4) is 0 Å². The van der Waals surface area contributed by atoms with Crippen LogP contribution in [0, 0.1) is 0 Å². The molecular weight excluding hydrogens is 419 g/mol. The number of nitrogens with one attached hydrogen (secondary N) is 1. The largest absolute Gasteiger partial charge is 0.497 e. The van der Waals surface area contributed by atoms with Gasteiger partial charge in [-0.25, -0.2) is 4.98 Å². The second kappa shape index (κ2) is 9.01. The Morgan fingerprint density at radius 3 is 2.28 bits per heavy atom. The number of rotatable bonds is 6. The van der Waals surface area contributed by atoms with E-state index in [0.717, 1.165) is 23.4 Å². The topological polar surface area (TPSA) is 72.8 Å². The summed E-state index contributed by atoms with van der Waals surface area (Å²) in [5.41, 5.74) is 1.56. The lowest BCUT2D eigenvalue weighted by molar-refractivity contribution is -0.137. The van der Waals surface area contributed by atoms with Crippen LogP contribution in [-0.2, 0) is 12.7 Å². The van der Waals surface area contributed by atoms with Crippen LogP contribution in [0.2, 0.25) is 0 Å². The van der Waals surface area contributed by atoms with Crippen molar-refractivity contribution in [2.24, 2.45) is 0 Å². The molecule has 2 aromatic carbocycles. The molecule has 0 saturated heterocycles. The number of methoxy groups -OCH3 is 1. The summed E-state index contributed by atoms with van der Waals surface area (Å²) >= 11 is 0. The molecule has 1 N–H and O–H groups in total. The van der Waals surface area contributed by atoms with Gasteiger partial charge in [-0.05, 0) is 42.0 Å². The summed E-state index contributed by atoms with van der Waals surface area (Å²) < 4.78 is 44.0. The highest BCUT2D eigenvalue weighted by Gasteiger charge is 2.30. The Kier molecular flexibility index (Phi) is 5.98. The molecule has 9 heteroatoms. The second-order valence-corrected chi connectivity index (χ2v) is 6.82. The third kappa shape index (κ3) is 4.83. The number of halogens is 3. The van der Waals surface area contributed by atoms with Crippen molar-refractivity contribution in [2.45, 2.75) is 12.7 Å². The van der Waals surface area contributed by atoms with Gasteiger partial charge in [0.1, 0.15) is 17.1 Å². The van der Waals surface area contributed by atoms with E-state index in [9.17, 15) is 13.2 Å². The van der Waals surface area contributed by atoms with E-state index in [1.165, 1.54) is 12.1 Å². The van der Waals surface area contributed by atoms with Crippen LogP contribution in [0.4, 0.5) is 19.0 Å². The van der Waals surface area contributed by atoms with Crippen LogP contribution >= 0.6 is 0 Å². The van der Waals surface area contributed by atoms with Crippen molar-refractivity contribution in [2.75, 3.05) is 12.4 Å². The van der Waals surface area contributed by atoms with Crippen LogP contribution < -0.4 is 10.1 Å². The van der Waals surface area contributed by atoms with E-state index in [4.69, 9.17) is 4.74 Å². The van der Waals surface area contributed by atoms with Gasteiger partial charge in [0.2, 0.25) is 5.82 Å². The summed E-state index contributed by atoms with van der Waals surface area (Å²) in [5, 5.41) is 11.6. The molecule has 0 radical (unpaired) electrons. The molecule has 2 heterocycles. The van der Waals surface area contributed by atoms with Crippen LogP contribution in [0.5, 0.6) is 5.75 Å². The number of hydrogen-bond acceptors (Lipinski definition) is 6. The summed E-state index contributed by atoms with van der Waals surface area (Å²) in [4.78, 5) is 8.78. The summed E-state index contributed by atoms with van der Waals surface area (Å²) in [6.07, 6.45) is -2.80. The van der Waals surface area contributed by atoms with Gasteiger partial charge in [-0.15, -0.1) is 10.2 Å². The van der Waals surface area contributed by atoms with Crippen molar-refractivity contribution >= 4 is 5.82 Å². The number of benzene rings is 2. The van der Waals surface area contributed by atoms with Gasteiger partial charge >= 0.3 is 6.18 Å². The number of aromatic nitrogens is 4. The average molecular weight is 437 g/mol. The molecule has 4 aromatic rings. The zero-order valence-corrected chi connectivity index (χ0v) is 17.0. The van der Waals surface area contributed by atoms with Gasteiger partial charge in [0.05, 0.1) is 12.7 Å². The Bertz CT molecular complexity index is 1180. The molecule has 0 amide bonds. The van der Waals surface area contributed by atoms with Crippen LogP contribution in [0.25, 0.3) is 22.8 Å². The van der Waals surface area contributed by atoms with Gasteiger partial charge in [0.25, 0.3) is 0 Å². The fraction of sp³-hybridized carbons (Fsp3) is 0.130. The van der Waals surface area contributed by atoms with E-state index < -0.39 is 11.7 Å². The van der Waals surface area contributed by atoms with Crippen LogP contribution in [0.15, 0.2) is 72.9 Å². The third-order valence-corrected chi connectivity index (χ3v) is 4.69. The Balaban J connectivity index is 1.68. The summed E-state index contributed by atoms with van der Waals surface area (Å²) in [6, 6.07) is 17.5. The third-order valence-electron chi connectivity index (χ3n) is 4.69. The molecule has 162 valence electrons. The molecule has 6 nitrogen and oxygen atoms in total. The maximum atomic E-state index is 12.9. The molecule has 4 rings (SSSR count). The molecule has 0 unspecified atom stereocenters. The number of anilines is 1. The molecule has 0 bridgehead atoms. The average Bonchev–Trinajstić information content (AvgIpc) is 2.83. The van der Waals surface area contributed by atoms with E-state index in [-0.39, 0.29) is 0 Å². The number of alkyl halides is 3. The SMILES string of the molecule is COc1ccc(CNc2nc(-c3ccccn3)nnc2-c2ccc(C(F)(F)F)cc2)cc1. The predicted molar refractivity (Wildman–Crippen MR) is 114 cm³/mol. The predicted octanol–water partition coefficient (Wildman–Crippen LogP) is 5.24. The summed E-state index contributed by atoms with van der Waals surface area (Å²) in [6.45, 7) is 0.415. The molecule has 32 heavy (non-hydrogen) atoms. The zero-order valence-electron chi connectivity index (χ0n) is 17.0. The highest BCUT2D eigenvalue weighted by Crippen LogP contribution is 2.32. The van der Waals surface area contributed by atoms with Crippen molar-refractivity contribution in [3.63, 3.8) is 0 Å². The first-order valence-electron chi connectivity index (χ1n) is 9.64. The second-order valence-electron chi connectivity index (χ2n) is 6.82. The van der Waals surface area contributed by atoms with Crippen LogP contribution in [-0.4, -0.2) is 27.3 Å². The van der Waals surface area contributed by atoms with E-state index in [1.807, 2.05) is 24.3 Å². The molecule has 2 aromatic heterocycles. The van der Waals surface area contributed by atoms with Crippen molar-refractivity contribution < 1.29 is 17.9 Å². The van der Waals surface area contributed by atoms with E-state index >= 15 is 0 Å². The van der Waals surface area contributed by atoms with Crippen molar-refractivity contribution in [3.05, 3.63) is 84.1 Å². The molecule has 0 spiro atoms. The Morgan fingerprint density at radius 1 is 0.906 bits per heavy atom. The maximum Gasteiger partial charge on any atom is 0.416 e. The number of hydrogen-bond donors (Lipinski definition) is 1. The minimum atomic E-state index is -4.42. The molecule has 0 aliphatic carbocycles. The van der Waals surface area contributed by atoms with Crippen molar-refractivity contribution in [1.29, 1.82) is 0 Å². The van der Waals surface area contributed by atoms with Gasteiger partial charge < -0.3 is 10.1 Å². The summed E-state index contributed by atoms with van der Waals surface area (Å²) in [5.74, 6) is 1.43. The number of ether oxygens (including phenoxy) is 1. The molecule has 0 atom stereocenters. The quantitative estimate of drug-likeness (QED) is 0.445. The van der Waals surface area contributed by atoms with Crippen molar-refractivity contribution in [3.8, 4) is 28.5 Å². The van der Waals surface area contributed by atoms with E-state index in [0.29, 0.717) is 35.1 Å². The Hall–Kier alpha value is -4.01. The molecule has 0 aliphatic rings. The zero-order chi connectivity index (χ0) is 22.6. The number of pyridine rings is 1. The molecule has 0 aliphatic heterocycles. The summed E-state index contributed by atoms with van der Waals surface area (Å²) in [7, 11) is 1.59. The van der Waals surface area contributed by atoms with Gasteiger partial charge in [-0.1, -0.05) is 30.3 Å². The number of nitrogens with zero attached hydrogens (tertiary/aromatic N) is 4. The lowest BCUT2D eigenvalue weighted by Crippen LogP contribution is -2.08. The van der Waals surface area contributed by atoms with E-state index in [2.05, 4.69) is 25.5 Å². The first-order valence-corrected chi connectivity index (χ1v) is 9.64. The lowest BCUT2D eigenvalue weighted by atomic mass is 10.1. The Morgan fingerprint density at radius 2 is 1.66 bits per heavy atom. The normalized spacial score (nSPS) is 11.2. The highest BCUT2D eigenvalue weighted by molar-refractivity contribution is 5.72. The van der Waals surface area contributed by atoms with Gasteiger partial charge in [-0.3, -0.25) is 4.98 Å². The smallest absolute Gasteiger partial charge is 0.416 e. The van der Waals surface area contributed by atoms with Gasteiger partial charge in [-0.2, -0.15) is 13.2 Å². The van der Waals surface area contributed by atoms with Crippen LogP contribution in [0.1, 0.15) is 11.1 Å². The molecular formula is C23H18F3N5O. The standard InChI is InChI=1S/C23H18F3N5O/c1-32-18-11-5-15(6-12-18)14-28-22-20(16-7-9-17(10-8-16)23(24,25)26)30-31-21(29-22)19-4-2-3-13-27-19/h2-13H,14H2,1H3,(H,28,29,31). The fourth-order valence-corrected chi connectivity index (χ4v) is 2.99.